The smallest absolute Gasteiger partial charge is 0.168 e. The molecule has 106 valence electrons. The van der Waals surface area contributed by atoms with Gasteiger partial charge < -0.3 is 10.2 Å². The van der Waals surface area contributed by atoms with Crippen LogP contribution in [0.25, 0.3) is 0 Å². The van der Waals surface area contributed by atoms with Crippen molar-refractivity contribution < 1.29 is 8.78 Å². The highest BCUT2D eigenvalue weighted by atomic mass is 19.1. The van der Waals surface area contributed by atoms with Gasteiger partial charge in [-0.3, -0.25) is 0 Å². The second-order valence-corrected chi connectivity index (χ2v) is 5.34. The van der Waals surface area contributed by atoms with Gasteiger partial charge in [-0.1, -0.05) is 0 Å². The second kappa shape index (κ2) is 5.72. The van der Waals surface area contributed by atoms with Crippen LogP contribution in [0.15, 0.2) is 6.07 Å². The summed E-state index contributed by atoms with van der Waals surface area (Å²) in [5.41, 5.74) is 0. The Bertz CT molecular complexity index is 445. The van der Waals surface area contributed by atoms with Gasteiger partial charge in [0.2, 0.25) is 0 Å². The van der Waals surface area contributed by atoms with Crippen molar-refractivity contribution in [1.82, 2.24) is 4.98 Å². The quantitative estimate of drug-likeness (QED) is 0.857. The van der Waals surface area contributed by atoms with Crippen molar-refractivity contribution in [2.45, 2.75) is 39.7 Å². The van der Waals surface area contributed by atoms with Crippen LogP contribution in [-0.4, -0.2) is 24.1 Å². The Hall–Kier alpha value is -1.39. The van der Waals surface area contributed by atoms with Gasteiger partial charge in [0, 0.05) is 25.2 Å². The lowest BCUT2D eigenvalue weighted by atomic mass is 10.2. The zero-order valence-corrected chi connectivity index (χ0v) is 11.7. The number of hydrogen-bond donors (Lipinski definition) is 1. The van der Waals surface area contributed by atoms with Crippen molar-refractivity contribution in [3.05, 3.63) is 17.7 Å². The van der Waals surface area contributed by atoms with Crippen molar-refractivity contribution in [1.29, 1.82) is 0 Å². The molecule has 5 heteroatoms. The van der Waals surface area contributed by atoms with Crippen LogP contribution in [0.4, 0.5) is 20.4 Å². The molecule has 0 radical (unpaired) electrons. The molecule has 1 heterocycles. The van der Waals surface area contributed by atoms with Crippen LogP contribution in [0.3, 0.4) is 0 Å². The number of nitrogens with one attached hydrogen (secondary N) is 1. The van der Waals surface area contributed by atoms with E-state index in [0.29, 0.717) is 12.5 Å². The van der Waals surface area contributed by atoms with Crippen LogP contribution in [0.1, 0.15) is 33.6 Å². The van der Waals surface area contributed by atoms with E-state index in [-0.39, 0.29) is 17.7 Å². The van der Waals surface area contributed by atoms with E-state index < -0.39 is 11.6 Å². The van der Waals surface area contributed by atoms with Gasteiger partial charge in [0.1, 0.15) is 0 Å². The van der Waals surface area contributed by atoms with E-state index in [9.17, 15) is 8.78 Å². The molecule has 0 aromatic carbocycles. The van der Waals surface area contributed by atoms with Crippen molar-refractivity contribution in [2.24, 2.45) is 5.92 Å². The van der Waals surface area contributed by atoms with Crippen LogP contribution < -0.4 is 10.2 Å². The van der Waals surface area contributed by atoms with Crippen LogP contribution in [0.2, 0.25) is 0 Å². The van der Waals surface area contributed by atoms with Gasteiger partial charge >= 0.3 is 0 Å². The lowest BCUT2D eigenvalue weighted by molar-refractivity contribution is 0.553. The summed E-state index contributed by atoms with van der Waals surface area (Å²) in [6, 6.07) is 1.06. The molecule has 1 aliphatic rings. The van der Waals surface area contributed by atoms with Crippen LogP contribution in [-0.2, 0) is 0 Å². The fourth-order valence-corrected chi connectivity index (χ4v) is 2.07. The maximum Gasteiger partial charge on any atom is 0.168 e. The van der Waals surface area contributed by atoms with E-state index in [1.807, 2.05) is 25.7 Å². The molecule has 0 unspecified atom stereocenters. The van der Waals surface area contributed by atoms with Crippen molar-refractivity contribution in [3.8, 4) is 0 Å². The fraction of sp³-hybridized carbons (Fsp3) is 0.643. The van der Waals surface area contributed by atoms with E-state index in [1.54, 1.807) is 0 Å². The van der Waals surface area contributed by atoms with Gasteiger partial charge in [0.15, 0.2) is 23.3 Å². The first-order chi connectivity index (χ1) is 9.02. The highest BCUT2D eigenvalue weighted by Crippen LogP contribution is 2.33. The lowest BCUT2D eigenvalue weighted by Crippen LogP contribution is -2.34. The Kier molecular flexibility index (Phi) is 4.22. The van der Waals surface area contributed by atoms with Gasteiger partial charge in [-0.05, 0) is 39.5 Å². The average molecular weight is 269 g/mol. The third kappa shape index (κ3) is 3.33. The van der Waals surface area contributed by atoms with Crippen molar-refractivity contribution >= 4 is 11.6 Å². The Morgan fingerprint density at radius 1 is 1.37 bits per heavy atom. The monoisotopic (exact) mass is 269 g/mol. The van der Waals surface area contributed by atoms with Gasteiger partial charge in [-0.25, -0.2) is 13.8 Å². The van der Waals surface area contributed by atoms with E-state index in [2.05, 4.69) is 10.3 Å². The largest absolute Gasteiger partial charge is 0.368 e. The summed E-state index contributed by atoms with van der Waals surface area (Å²) in [6.45, 7) is 7.20. The molecule has 1 aromatic heterocycles. The number of halogens is 2. The van der Waals surface area contributed by atoms with Gasteiger partial charge in [0.05, 0.1) is 0 Å². The van der Waals surface area contributed by atoms with Crippen LogP contribution in [0, 0.1) is 17.6 Å². The number of aromatic nitrogens is 1. The van der Waals surface area contributed by atoms with Crippen LogP contribution in [0.5, 0.6) is 0 Å². The van der Waals surface area contributed by atoms with E-state index in [0.717, 1.165) is 12.6 Å². The molecule has 1 fully saturated rings. The molecule has 1 aliphatic carbocycles. The molecular weight excluding hydrogens is 248 g/mol. The number of rotatable bonds is 6. The Balaban J connectivity index is 2.31. The van der Waals surface area contributed by atoms with E-state index in [4.69, 9.17) is 0 Å². The Labute approximate surface area is 113 Å². The highest BCUT2D eigenvalue weighted by molar-refractivity contribution is 5.50. The maximum atomic E-state index is 14.0. The molecule has 0 bridgehead atoms. The molecule has 1 aromatic rings. The molecule has 2 rings (SSSR count). The maximum absolute atomic E-state index is 14.0. The molecule has 1 saturated carbocycles. The number of hydrogen-bond acceptors (Lipinski definition) is 3. The summed E-state index contributed by atoms with van der Waals surface area (Å²) in [7, 11) is 0. The second-order valence-electron chi connectivity index (χ2n) is 5.34. The third-order valence-corrected chi connectivity index (χ3v) is 3.30. The van der Waals surface area contributed by atoms with E-state index >= 15 is 0 Å². The first-order valence-corrected chi connectivity index (χ1v) is 6.89. The molecule has 0 spiro atoms. The molecule has 0 aliphatic heterocycles. The summed E-state index contributed by atoms with van der Waals surface area (Å²) in [6.07, 6.45) is 2.37. The minimum Gasteiger partial charge on any atom is -0.368 e. The molecule has 0 saturated heterocycles. The lowest BCUT2D eigenvalue weighted by Gasteiger charge is -2.28. The molecular formula is C14H21F2N3. The topological polar surface area (TPSA) is 28.2 Å². The van der Waals surface area contributed by atoms with Gasteiger partial charge in [-0.2, -0.15) is 0 Å². The zero-order chi connectivity index (χ0) is 14.0. The first kappa shape index (κ1) is 14.0. The summed E-state index contributed by atoms with van der Waals surface area (Å²) < 4.78 is 27.6. The summed E-state index contributed by atoms with van der Waals surface area (Å²) in [5.74, 6) is -0.234. The Morgan fingerprint density at radius 3 is 2.58 bits per heavy atom. The Morgan fingerprint density at radius 2 is 2.05 bits per heavy atom. The molecule has 3 nitrogen and oxygen atoms in total. The fourth-order valence-electron chi connectivity index (χ4n) is 2.07. The standard InChI is InChI=1S/C14H21F2N3/c1-4-17-13-11(15)7-12(16)14(18-13)19(9(2)3)8-10-5-6-10/h7,9-10H,4-6,8H2,1-3H3,(H,17,18). The minimum absolute atomic E-state index is 0.125. The molecule has 19 heavy (non-hydrogen) atoms. The van der Waals surface area contributed by atoms with Gasteiger partial charge in [0.25, 0.3) is 0 Å². The first-order valence-electron chi connectivity index (χ1n) is 6.89. The summed E-state index contributed by atoms with van der Waals surface area (Å²) in [4.78, 5) is 6.05. The van der Waals surface area contributed by atoms with Crippen molar-refractivity contribution in [3.63, 3.8) is 0 Å². The summed E-state index contributed by atoms with van der Waals surface area (Å²) >= 11 is 0. The SMILES string of the molecule is CCNc1nc(N(CC2CC2)C(C)C)c(F)cc1F. The molecule has 0 atom stereocenters. The predicted molar refractivity (Wildman–Crippen MR) is 73.5 cm³/mol. The van der Waals surface area contributed by atoms with Gasteiger partial charge in [-0.15, -0.1) is 0 Å². The summed E-state index contributed by atoms with van der Waals surface area (Å²) in [5, 5.41) is 2.83. The average Bonchev–Trinajstić information content (AvgIpc) is 3.14. The zero-order valence-electron chi connectivity index (χ0n) is 11.7. The molecule has 0 amide bonds. The third-order valence-electron chi connectivity index (χ3n) is 3.30. The van der Waals surface area contributed by atoms with E-state index in [1.165, 1.54) is 12.8 Å². The number of pyridine rings is 1. The predicted octanol–water partition coefficient (Wildman–Crippen LogP) is 3.42. The number of anilines is 2. The van der Waals surface area contributed by atoms with Crippen molar-refractivity contribution in [2.75, 3.05) is 23.3 Å². The normalized spacial score (nSPS) is 14.8. The highest BCUT2D eigenvalue weighted by Gasteiger charge is 2.28. The van der Waals surface area contributed by atoms with Crippen LogP contribution >= 0.6 is 0 Å². The molecule has 1 N–H and O–H groups in total. The number of nitrogens with zero attached hydrogens (tertiary/aromatic N) is 2. The minimum atomic E-state index is -0.641.